The van der Waals surface area contributed by atoms with E-state index in [9.17, 15) is 9.59 Å². The standard InChI is InChI=1S/C21H32N2O4S/c1-23-11-9-15(10-12-23)14-27-21(26)19(16-5-3-2-4-6-16)22-13-17-7-8-18(28-17)20(24)25/h7-8,15-16,19,22H,2-6,9-14H2,1H3,(H,24,25). The molecule has 1 aliphatic heterocycles. The third kappa shape index (κ3) is 6.03. The molecular formula is C21H32N2O4S. The molecule has 0 aromatic carbocycles. The number of nitrogens with one attached hydrogen (secondary N) is 1. The fourth-order valence-electron chi connectivity index (χ4n) is 4.23. The molecule has 0 radical (unpaired) electrons. The summed E-state index contributed by atoms with van der Waals surface area (Å²) in [6, 6.07) is 3.14. The molecule has 1 aromatic rings. The molecule has 2 aliphatic rings. The molecule has 156 valence electrons. The zero-order chi connectivity index (χ0) is 19.9. The van der Waals surface area contributed by atoms with Crippen molar-refractivity contribution in [1.82, 2.24) is 10.2 Å². The van der Waals surface area contributed by atoms with E-state index in [0.717, 1.165) is 56.5 Å². The van der Waals surface area contributed by atoms with Gasteiger partial charge in [0.1, 0.15) is 10.9 Å². The average molecular weight is 409 g/mol. The van der Waals surface area contributed by atoms with Gasteiger partial charge in [0.25, 0.3) is 0 Å². The first kappa shape index (κ1) is 21.3. The number of carbonyl (C=O) groups is 2. The lowest BCUT2D eigenvalue weighted by Gasteiger charge is -2.31. The van der Waals surface area contributed by atoms with Gasteiger partial charge in [-0.05, 0) is 69.8 Å². The first-order chi connectivity index (χ1) is 13.5. The highest BCUT2D eigenvalue weighted by molar-refractivity contribution is 7.13. The maximum atomic E-state index is 12.9. The second-order valence-electron chi connectivity index (χ2n) is 8.20. The highest BCUT2D eigenvalue weighted by atomic mass is 32.1. The Morgan fingerprint density at radius 2 is 1.93 bits per heavy atom. The number of ether oxygens (including phenoxy) is 1. The number of carbonyl (C=O) groups excluding carboxylic acids is 1. The van der Waals surface area contributed by atoms with E-state index in [1.165, 1.54) is 17.8 Å². The van der Waals surface area contributed by atoms with E-state index in [-0.39, 0.29) is 12.0 Å². The number of piperidine rings is 1. The third-order valence-electron chi connectivity index (χ3n) is 6.04. The number of likely N-dealkylation sites (tertiary alicyclic amines) is 1. The summed E-state index contributed by atoms with van der Waals surface area (Å²) in [5.74, 6) is -0.279. The Bertz CT molecular complexity index is 649. The van der Waals surface area contributed by atoms with Crippen molar-refractivity contribution >= 4 is 23.3 Å². The molecule has 2 heterocycles. The predicted octanol–water partition coefficient (Wildman–Crippen LogP) is 3.37. The quantitative estimate of drug-likeness (QED) is 0.642. The van der Waals surface area contributed by atoms with Crippen LogP contribution in [-0.2, 0) is 16.1 Å². The Balaban J connectivity index is 1.55. The molecule has 2 N–H and O–H groups in total. The van der Waals surface area contributed by atoms with E-state index in [1.807, 2.05) is 6.07 Å². The Hall–Kier alpha value is -1.44. The van der Waals surface area contributed by atoms with Gasteiger partial charge in [0.05, 0.1) is 6.61 Å². The zero-order valence-electron chi connectivity index (χ0n) is 16.7. The largest absolute Gasteiger partial charge is 0.477 e. The second kappa shape index (κ2) is 10.4. The summed E-state index contributed by atoms with van der Waals surface area (Å²) >= 11 is 1.26. The monoisotopic (exact) mass is 408 g/mol. The van der Waals surface area contributed by atoms with Gasteiger partial charge in [-0.3, -0.25) is 10.1 Å². The minimum atomic E-state index is -0.905. The molecule has 1 aliphatic carbocycles. The summed E-state index contributed by atoms with van der Waals surface area (Å²) < 4.78 is 5.75. The van der Waals surface area contributed by atoms with Gasteiger partial charge in [-0.1, -0.05) is 19.3 Å². The number of aromatic carboxylic acids is 1. The minimum absolute atomic E-state index is 0.138. The molecule has 0 bridgehead atoms. The highest BCUT2D eigenvalue weighted by Crippen LogP contribution is 2.28. The van der Waals surface area contributed by atoms with Gasteiger partial charge in [0.15, 0.2) is 0 Å². The molecule has 28 heavy (non-hydrogen) atoms. The van der Waals surface area contributed by atoms with Crippen LogP contribution in [0.5, 0.6) is 0 Å². The van der Waals surface area contributed by atoms with Crippen LogP contribution in [0.4, 0.5) is 0 Å². The first-order valence-corrected chi connectivity index (χ1v) is 11.2. The third-order valence-corrected chi connectivity index (χ3v) is 7.12. The van der Waals surface area contributed by atoms with Crippen LogP contribution in [0.1, 0.15) is 59.5 Å². The Morgan fingerprint density at radius 1 is 1.21 bits per heavy atom. The Labute approximate surface area is 171 Å². The summed E-state index contributed by atoms with van der Waals surface area (Å²) in [6.45, 7) is 3.15. The zero-order valence-corrected chi connectivity index (χ0v) is 17.5. The number of carboxylic acid groups (broad SMARTS) is 1. The van der Waals surface area contributed by atoms with E-state index < -0.39 is 5.97 Å². The Kier molecular flexibility index (Phi) is 7.88. The first-order valence-electron chi connectivity index (χ1n) is 10.4. The van der Waals surface area contributed by atoms with E-state index in [2.05, 4.69) is 17.3 Å². The summed E-state index contributed by atoms with van der Waals surface area (Å²) in [5, 5.41) is 12.5. The van der Waals surface area contributed by atoms with Crippen LogP contribution in [0.25, 0.3) is 0 Å². The normalized spacial score (nSPS) is 20.8. The summed E-state index contributed by atoms with van der Waals surface area (Å²) in [7, 11) is 2.13. The molecule has 2 fully saturated rings. The topological polar surface area (TPSA) is 78.9 Å². The molecule has 1 unspecified atom stereocenters. The van der Waals surface area contributed by atoms with Crippen LogP contribution in [0.3, 0.4) is 0 Å². The van der Waals surface area contributed by atoms with Gasteiger partial charge in [-0.15, -0.1) is 11.3 Å². The van der Waals surface area contributed by atoms with E-state index >= 15 is 0 Å². The molecule has 1 saturated carbocycles. The van der Waals surface area contributed by atoms with Crippen molar-refractivity contribution in [2.75, 3.05) is 26.7 Å². The van der Waals surface area contributed by atoms with Crippen LogP contribution in [0.2, 0.25) is 0 Å². The molecule has 0 amide bonds. The van der Waals surface area contributed by atoms with Crippen molar-refractivity contribution < 1.29 is 19.4 Å². The second-order valence-corrected chi connectivity index (χ2v) is 9.37. The SMILES string of the molecule is CN1CCC(COC(=O)C(NCc2ccc(C(=O)O)s2)C2CCCCC2)CC1. The average Bonchev–Trinajstić information content (AvgIpc) is 3.18. The maximum absolute atomic E-state index is 12.9. The van der Waals surface area contributed by atoms with E-state index in [0.29, 0.717) is 29.9 Å². The van der Waals surface area contributed by atoms with Gasteiger partial charge in [0.2, 0.25) is 0 Å². The molecule has 1 aromatic heterocycles. The maximum Gasteiger partial charge on any atom is 0.345 e. The summed E-state index contributed by atoms with van der Waals surface area (Å²) in [5.41, 5.74) is 0. The Morgan fingerprint density at radius 3 is 2.57 bits per heavy atom. The number of thiophene rings is 1. The van der Waals surface area contributed by atoms with Crippen molar-refractivity contribution in [3.05, 3.63) is 21.9 Å². The molecule has 6 nitrogen and oxygen atoms in total. The number of hydrogen-bond acceptors (Lipinski definition) is 6. The van der Waals surface area contributed by atoms with Crippen LogP contribution >= 0.6 is 11.3 Å². The number of esters is 1. The van der Waals surface area contributed by atoms with Crippen LogP contribution in [-0.4, -0.2) is 54.7 Å². The smallest absolute Gasteiger partial charge is 0.345 e. The highest BCUT2D eigenvalue weighted by Gasteiger charge is 2.31. The summed E-state index contributed by atoms with van der Waals surface area (Å²) in [6.07, 6.45) is 7.82. The van der Waals surface area contributed by atoms with Gasteiger partial charge >= 0.3 is 11.9 Å². The van der Waals surface area contributed by atoms with Crippen molar-refractivity contribution in [1.29, 1.82) is 0 Å². The van der Waals surface area contributed by atoms with Crippen molar-refractivity contribution in [3.63, 3.8) is 0 Å². The predicted molar refractivity (Wildman–Crippen MR) is 110 cm³/mol. The number of carboxylic acids is 1. The fourth-order valence-corrected chi connectivity index (χ4v) is 5.02. The van der Waals surface area contributed by atoms with Crippen molar-refractivity contribution in [2.24, 2.45) is 11.8 Å². The van der Waals surface area contributed by atoms with Crippen LogP contribution < -0.4 is 5.32 Å². The van der Waals surface area contributed by atoms with E-state index in [4.69, 9.17) is 9.84 Å². The number of nitrogens with zero attached hydrogens (tertiary/aromatic N) is 1. The van der Waals surface area contributed by atoms with Gasteiger partial charge < -0.3 is 14.7 Å². The minimum Gasteiger partial charge on any atom is -0.477 e. The van der Waals surface area contributed by atoms with Crippen LogP contribution in [0, 0.1) is 11.8 Å². The van der Waals surface area contributed by atoms with Gasteiger partial charge in [-0.2, -0.15) is 0 Å². The lowest BCUT2D eigenvalue weighted by Crippen LogP contribution is -2.45. The van der Waals surface area contributed by atoms with Gasteiger partial charge in [0, 0.05) is 11.4 Å². The summed E-state index contributed by atoms with van der Waals surface area (Å²) in [4.78, 5) is 27.6. The van der Waals surface area contributed by atoms with Crippen molar-refractivity contribution in [2.45, 2.75) is 57.5 Å². The molecule has 1 saturated heterocycles. The van der Waals surface area contributed by atoms with Crippen LogP contribution in [0.15, 0.2) is 12.1 Å². The van der Waals surface area contributed by atoms with Crippen molar-refractivity contribution in [3.8, 4) is 0 Å². The molecule has 1 atom stereocenters. The molecular weight excluding hydrogens is 376 g/mol. The number of hydrogen-bond donors (Lipinski definition) is 2. The molecule has 0 spiro atoms. The van der Waals surface area contributed by atoms with E-state index in [1.54, 1.807) is 6.07 Å². The van der Waals surface area contributed by atoms with Gasteiger partial charge in [-0.25, -0.2) is 4.79 Å². The lowest BCUT2D eigenvalue weighted by atomic mass is 9.84. The number of rotatable bonds is 8. The molecule has 3 rings (SSSR count). The fraction of sp³-hybridized carbons (Fsp3) is 0.714. The molecule has 7 heteroatoms. The lowest BCUT2D eigenvalue weighted by molar-refractivity contribution is -0.150.